The van der Waals surface area contributed by atoms with Crippen LogP contribution in [0.4, 0.5) is 0 Å². The predicted octanol–water partition coefficient (Wildman–Crippen LogP) is 4.02. The van der Waals surface area contributed by atoms with Gasteiger partial charge in [0.15, 0.2) is 0 Å². The van der Waals surface area contributed by atoms with Crippen molar-refractivity contribution < 1.29 is 4.79 Å². The molecule has 2 aromatic rings. The first-order chi connectivity index (χ1) is 11.6. The van der Waals surface area contributed by atoms with Gasteiger partial charge in [-0.05, 0) is 33.7 Å². The minimum atomic E-state index is 0. The number of carbonyl (C=O) groups excluding carboxylic acids is 1. The molecule has 1 aromatic carbocycles. The monoisotopic (exact) mass is 415 g/mol. The van der Waals surface area contributed by atoms with Crippen molar-refractivity contribution in [2.24, 2.45) is 0 Å². The summed E-state index contributed by atoms with van der Waals surface area (Å²) in [5.74, 6) is 0.215. The molecule has 1 unspecified atom stereocenters. The number of likely N-dealkylation sites (tertiary alicyclic amines) is 1. The van der Waals surface area contributed by atoms with Gasteiger partial charge in [0.2, 0.25) is 5.91 Å². The number of carbonyl (C=O) groups is 1. The van der Waals surface area contributed by atoms with E-state index in [2.05, 4.69) is 41.5 Å². The third-order valence-electron chi connectivity index (χ3n) is 4.62. The normalized spacial score (nSPS) is 16.6. The maximum atomic E-state index is 12.8. The van der Waals surface area contributed by atoms with Crippen molar-refractivity contribution in [3.05, 3.63) is 39.7 Å². The van der Waals surface area contributed by atoms with Crippen LogP contribution in [0.25, 0.3) is 11.3 Å². The van der Waals surface area contributed by atoms with Gasteiger partial charge in [-0.25, -0.2) is 4.98 Å². The van der Waals surface area contributed by atoms with Gasteiger partial charge in [0.1, 0.15) is 0 Å². The van der Waals surface area contributed by atoms with E-state index >= 15 is 0 Å². The third kappa shape index (κ3) is 5.43. The molecule has 1 aliphatic rings. The maximum Gasteiger partial charge on any atom is 0.227 e. The largest absolute Gasteiger partial charge is 0.341 e. The van der Waals surface area contributed by atoms with Crippen LogP contribution in [-0.2, 0) is 11.2 Å². The van der Waals surface area contributed by atoms with Crippen LogP contribution >= 0.6 is 36.2 Å². The second-order valence-corrected chi connectivity index (χ2v) is 7.80. The van der Waals surface area contributed by atoms with E-state index in [-0.39, 0.29) is 30.7 Å². The van der Waals surface area contributed by atoms with Crippen LogP contribution in [0.15, 0.2) is 24.3 Å². The molecule has 2 heterocycles. The van der Waals surface area contributed by atoms with Crippen molar-refractivity contribution >= 4 is 42.1 Å². The minimum absolute atomic E-state index is 0. The van der Waals surface area contributed by atoms with Gasteiger partial charge < -0.3 is 10.2 Å². The van der Waals surface area contributed by atoms with Crippen LogP contribution in [0.5, 0.6) is 0 Å². The Hall–Kier alpha value is -1.14. The summed E-state index contributed by atoms with van der Waals surface area (Å²) in [4.78, 5) is 20.5. The molecule has 0 radical (unpaired) electrons. The molecule has 1 fully saturated rings. The Bertz CT molecular complexity index is 718. The lowest BCUT2D eigenvalue weighted by Crippen LogP contribution is -2.47. The number of nitrogens with one attached hydrogen (secondary N) is 1. The lowest BCUT2D eigenvalue weighted by molar-refractivity contribution is -0.131. The summed E-state index contributed by atoms with van der Waals surface area (Å²) in [6.07, 6.45) is 2.67. The smallest absolute Gasteiger partial charge is 0.227 e. The topological polar surface area (TPSA) is 45.2 Å². The number of rotatable bonds is 4. The van der Waals surface area contributed by atoms with E-state index in [1.807, 2.05) is 18.9 Å². The first-order valence-corrected chi connectivity index (χ1v) is 9.37. The molecule has 144 valence electrons. The molecule has 0 aliphatic carbocycles. The number of hydrogen-bond acceptors (Lipinski definition) is 4. The number of nitrogens with zero attached hydrogens (tertiary/aromatic N) is 2. The average Bonchev–Trinajstić information content (AvgIpc) is 2.96. The first kappa shape index (κ1) is 22.9. The number of aromatic nitrogens is 1. The fourth-order valence-corrected chi connectivity index (χ4v) is 4.16. The molecular weight excluding hydrogens is 389 g/mol. The molecule has 0 bridgehead atoms. The number of thiazole rings is 1. The molecule has 1 saturated heterocycles. The molecule has 26 heavy (non-hydrogen) atoms. The Morgan fingerprint density at radius 1 is 1.27 bits per heavy atom. The lowest BCUT2D eigenvalue weighted by Gasteiger charge is -2.32. The average molecular weight is 416 g/mol. The molecule has 1 atom stereocenters. The van der Waals surface area contributed by atoms with Gasteiger partial charge in [0.25, 0.3) is 0 Å². The van der Waals surface area contributed by atoms with Gasteiger partial charge in [-0.1, -0.05) is 29.8 Å². The van der Waals surface area contributed by atoms with Gasteiger partial charge in [0, 0.05) is 29.6 Å². The number of amides is 1. The predicted molar refractivity (Wildman–Crippen MR) is 114 cm³/mol. The number of likely N-dealkylation sites (N-methyl/N-ethyl adjacent to an activating group) is 1. The Morgan fingerprint density at radius 3 is 2.62 bits per heavy atom. The highest BCUT2D eigenvalue weighted by Gasteiger charge is 2.24. The van der Waals surface area contributed by atoms with Crippen LogP contribution in [0.3, 0.4) is 0 Å². The van der Waals surface area contributed by atoms with E-state index in [0.29, 0.717) is 12.5 Å². The summed E-state index contributed by atoms with van der Waals surface area (Å²) >= 11 is 1.64. The second-order valence-electron chi connectivity index (χ2n) is 6.52. The van der Waals surface area contributed by atoms with Gasteiger partial charge in [-0.3, -0.25) is 4.79 Å². The van der Waals surface area contributed by atoms with Gasteiger partial charge in [-0.15, -0.1) is 36.2 Å². The van der Waals surface area contributed by atoms with E-state index in [1.54, 1.807) is 11.3 Å². The highest BCUT2D eigenvalue weighted by atomic mass is 35.5. The fraction of sp³-hybridized carbons (Fsp3) is 0.474. The number of piperidine rings is 1. The van der Waals surface area contributed by atoms with Crippen molar-refractivity contribution in [3.8, 4) is 11.3 Å². The zero-order valence-electron chi connectivity index (χ0n) is 15.4. The van der Waals surface area contributed by atoms with Crippen molar-refractivity contribution in [1.29, 1.82) is 0 Å². The molecule has 3 rings (SSSR count). The summed E-state index contributed by atoms with van der Waals surface area (Å²) < 4.78 is 0. The first-order valence-electron chi connectivity index (χ1n) is 8.55. The van der Waals surface area contributed by atoms with Crippen molar-refractivity contribution in [2.75, 3.05) is 20.1 Å². The van der Waals surface area contributed by atoms with Crippen LogP contribution < -0.4 is 5.32 Å². The SMILES string of the molecule is CNC1CCCN(C(=O)Cc2sc(C)nc2-c2ccc(C)cc2)C1.Cl.Cl. The van der Waals surface area contributed by atoms with Crippen LogP contribution in [-0.4, -0.2) is 42.0 Å². The number of hydrogen-bond donors (Lipinski definition) is 1. The van der Waals surface area contributed by atoms with Gasteiger partial charge >= 0.3 is 0 Å². The van der Waals surface area contributed by atoms with E-state index in [1.165, 1.54) is 5.56 Å². The van der Waals surface area contributed by atoms with Gasteiger partial charge in [-0.2, -0.15) is 0 Å². The summed E-state index contributed by atoms with van der Waals surface area (Å²) in [6.45, 7) is 5.77. The minimum Gasteiger partial charge on any atom is -0.341 e. The summed E-state index contributed by atoms with van der Waals surface area (Å²) in [7, 11) is 1.97. The molecule has 0 saturated carbocycles. The van der Waals surface area contributed by atoms with Crippen molar-refractivity contribution in [2.45, 2.75) is 39.2 Å². The number of aryl methyl sites for hydroxylation is 2. The third-order valence-corrected chi connectivity index (χ3v) is 5.59. The number of benzene rings is 1. The molecule has 1 aliphatic heterocycles. The van der Waals surface area contributed by atoms with Crippen LogP contribution in [0.1, 0.15) is 28.3 Å². The summed E-state index contributed by atoms with van der Waals surface area (Å²) in [6, 6.07) is 8.79. The molecule has 4 nitrogen and oxygen atoms in total. The van der Waals surface area contributed by atoms with E-state index in [9.17, 15) is 4.79 Å². The quantitative estimate of drug-likeness (QED) is 0.819. The van der Waals surface area contributed by atoms with Crippen molar-refractivity contribution in [1.82, 2.24) is 15.2 Å². The van der Waals surface area contributed by atoms with E-state index < -0.39 is 0 Å². The summed E-state index contributed by atoms with van der Waals surface area (Å²) in [5, 5.41) is 4.31. The fourth-order valence-electron chi connectivity index (χ4n) is 3.21. The number of halogens is 2. The highest BCUT2D eigenvalue weighted by Crippen LogP contribution is 2.29. The Balaban J connectivity index is 0.00000169. The molecule has 7 heteroatoms. The molecule has 1 amide bonds. The van der Waals surface area contributed by atoms with E-state index in [0.717, 1.165) is 47.1 Å². The van der Waals surface area contributed by atoms with Crippen LogP contribution in [0.2, 0.25) is 0 Å². The molecule has 1 aromatic heterocycles. The lowest BCUT2D eigenvalue weighted by atomic mass is 10.0. The Labute approximate surface area is 172 Å². The highest BCUT2D eigenvalue weighted by molar-refractivity contribution is 7.12. The summed E-state index contributed by atoms with van der Waals surface area (Å²) in [5.41, 5.74) is 3.29. The Kier molecular flexibility index (Phi) is 9.04. The standard InChI is InChI=1S/C19H25N3OS.2ClH/c1-13-6-8-15(9-7-13)19-17(24-14(2)21-19)11-18(23)22-10-4-5-16(12-22)20-3;;/h6-9,16,20H,4-5,10-12H2,1-3H3;2*1H. The van der Waals surface area contributed by atoms with Gasteiger partial charge in [0.05, 0.1) is 17.1 Å². The maximum absolute atomic E-state index is 12.8. The Morgan fingerprint density at radius 2 is 1.96 bits per heavy atom. The van der Waals surface area contributed by atoms with Crippen LogP contribution in [0, 0.1) is 13.8 Å². The molecule has 1 N–H and O–H groups in total. The molecular formula is C19H27Cl2N3OS. The van der Waals surface area contributed by atoms with E-state index in [4.69, 9.17) is 0 Å². The zero-order chi connectivity index (χ0) is 17.1. The second kappa shape index (κ2) is 10.3. The zero-order valence-corrected chi connectivity index (χ0v) is 17.9. The molecule has 0 spiro atoms. The van der Waals surface area contributed by atoms with Crippen molar-refractivity contribution in [3.63, 3.8) is 0 Å².